The van der Waals surface area contributed by atoms with Crippen LogP contribution in [0.25, 0.3) is 0 Å². The highest BCUT2D eigenvalue weighted by atomic mass is 16.3. The molecular formula is C11H20N2O2. The minimum Gasteiger partial charge on any atom is -0.386 e. The predicted octanol–water partition coefficient (Wildman–Crippen LogP) is -0.0454. The molecule has 1 amide bonds. The lowest BCUT2D eigenvalue weighted by molar-refractivity contribution is -0.157. The first-order chi connectivity index (χ1) is 7.03. The lowest BCUT2D eigenvalue weighted by Gasteiger charge is -2.45. The van der Waals surface area contributed by atoms with Gasteiger partial charge in [0.05, 0.1) is 18.7 Å². The Bertz CT molecular complexity index is 257. The molecule has 1 saturated carbocycles. The molecule has 2 unspecified atom stereocenters. The van der Waals surface area contributed by atoms with Crippen molar-refractivity contribution in [3.8, 4) is 0 Å². The minimum absolute atomic E-state index is 0.117. The average molecular weight is 212 g/mol. The van der Waals surface area contributed by atoms with Crippen molar-refractivity contribution in [3.05, 3.63) is 0 Å². The molecule has 1 heterocycles. The number of carbonyl (C=O) groups excluding carboxylic acids is 1. The van der Waals surface area contributed by atoms with Gasteiger partial charge in [-0.15, -0.1) is 0 Å². The Morgan fingerprint density at radius 3 is 2.73 bits per heavy atom. The van der Waals surface area contributed by atoms with Crippen LogP contribution in [0.2, 0.25) is 0 Å². The molecule has 0 aromatic rings. The van der Waals surface area contributed by atoms with Gasteiger partial charge in [-0.3, -0.25) is 4.79 Å². The second-order valence-electron chi connectivity index (χ2n) is 5.22. The van der Waals surface area contributed by atoms with Gasteiger partial charge in [-0.2, -0.15) is 0 Å². The maximum absolute atomic E-state index is 12.0. The number of rotatable bonds is 2. The van der Waals surface area contributed by atoms with Crippen LogP contribution in [-0.4, -0.2) is 41.1 Å². The zero-order valence-electron chi connectivity index (χ0n) is 9.28. The standard InChI is InChI=1S/C11H20N2O2/c1-11(15)6-13(7-11)10(14)9-4-2-3-8(9)5-12/h8-9,15H,2-7,12H2,1H3. The quantitative estimate of drug-likeness (QED) is 0.674. The maximum Gasteiger partial charge on any atom is 0.226 e. The number of β-amino-alcohol motifs (C(OH)–C–C–N with tert-alkyl or cyclic N) is 1. The van der Waals surface area contributed by atoms with Crippen LogP contribution in [0.3, 0.4) is 0 Å². The van der Waals surface area contributed by atoms with Crippen molar-refractivity contribution >= 4 is 5.91 Å². The van der Waals surface area contributed by atoms with Crippen molar-refractivity contribution in [2.24, 2.45) is 17.6 Å². The average Bonchev–Trinajstić information content (AvgIpc) is 2.60. The van der Waals surface area contributed by atoms with E-state index in [0.717, 1.165) is 19.3 Å². The van der Waals surface area contributed by atoms with Crippen LogP contribution in [-0.2, 0) is 4.79 Å². The Balaban J connectivity index is 1.91. The van der Waals surface area contributed by atoms with E-state index in [4.69, 9.17) is 5.73 Å². The van der Waals surface area contributed by atoms with Crippen LogP contribution >= 0.6 is 0 Å². The van der Waals surface area contributed by atoms with Crippen LogP contribution in [0.5, 0.6) is 0 Å². The summed E-state index contributed by atoms with van der Waals surface area (Å²) in [6.45, 7) is 3.35. The van der Waals surface area contributed by atoms with Gasteiger partial charge in [0.1, 0.15) is 0 Å². The fourth-order valence-corrected chi connectivity index (χ4v) is 2.81. The summed E-state index contributed by atoms with van der Waals surface area (Å²) < 4.78 is 0. The number of amides is 1. The Kier molecular flexibility index (Phi) is 2.73. The van der Waals surface area contributed by atoms with Crippen LogP contribution < -0.4 is 5.73 Å². The van der Waals surface area contributed by atoms with Crippen LogP contribution in [0.15, 0.2) is 0 Å². The first-order valence-electron chi connectivity index (χ1n) is 5.75. The molecule has 0 bridgehead atoms. The number of carbonyl (C=O) groups is 1. The number of nitrogens with zero attached hydrogens (tertiary/aromatic N) is 1. The van der Waals surface area contributed by atoms with E-state index in [0.29, 0.717) is 25.6 Å². The Labute approximate surface area is 90.4 Å². The van der Waals surface area contributed by atoms with Gasteiger partial charge in [-0.05, 0) is 32.2 Å². The summed E-state index contributed by atoms with van der Waals surface area (Å²) in [6, 6.07) is 0. The topological polar surface area (TPSA) is 66.6 Å². The first-order valence-corrected chi connectivity index (χ1v) is 5.75. The van der Waals surface area contributed by atoms with Crippen molar-refractivity contribution < 1.29 is 9.90 Å². The Morgan fingerprint density at radius 2 is 2.20 bits per heavy atom. The molecule has 2 fully saturated rings. The third-order valence-electron chi connectivity index (χ3n) is 3.65. The second kappa shape index (κ2) is 3.76. The van der Waals surface area contributed by atoms with E-state index in [1.165, 1.54) is 0 Å². The van der Waals surface area contributed by atoms with E-state index in [2.05, 4.69) is 0 Å². The summed E-state index contributed by atoms with van der Waals surface area (Å²) in [5, 5.41) is 9.58. The molecule has 2 aliphatic rings. The number of nitrogens with two attached hydrogens (primary N) is 1. The van der Waals surface area contributed by atoms with E-state index < -0.39 is 5.60 Å². The summed E-state index contributed by atoms with van der Waals surface area (Å²) >= 11 is 0. The van der Waals surface area contributed by atoms with E-state index >= 15 is 0 Å². The molecule has 0 spiro atoms. The molecule has 15 heavy (non-hydrogen) atoms. The zero-order chi connectivity index (χ0) is 11.1. The number of aliphatic hydroxyl groups is 1. The molecule has 2 atom stereocenters. The highest BCUT2D eigenvalue weighted by molar-refractivity contribution is 5.80. The fourth-order valence-electron chi connectivity index (χ4n) is 2.81. The molecule has 1 saturated heterocycles. The van der Waals surface area contributed by atoms with E-state index in [9.17, 15) is 9.90 Å². The van der Waals surface area contributed by atoms with Crippen molar-refractivity contribution in [2.45, 2.75) is 31.8 Å². The molecule has 0 aromatic carbocycles. The van der Waals surface area contributed by atoms with Gasteiger partial charge in [-0.25, -0.2) is 0 Å². The van der Waals surface area contributed by atoms with Crippen molar-refractivity contribution in [1.29, 1.82) is 0 Å². The van der Waals surface area contributed by atoms with Crippen molar-refractivity contribution in [1.82, 2.24) is 4.90 Å². The van der Waals surface area contributed by atoms with Crippen LogP contribution in [0, 0.1) is 11.8 Å². The van der Waals surface area contributed by atoms with Crippen molar-refractivity contribution in [3.63, 3.8) is 0 Å². The Morgan fingerprint density at radius 1 is 1.53 bits per heavy atom. The molecule has 4 heteroatoms. The van der Waals surface area contributed by atoms with E-state index in [1.807, 2.05) is 0 Å². The number of likely N-dealkylation sites (tertiary alicyclic amines) is 1. The highest BCUT2D eigenvalue weighted by Crippen LogP contribution is 2.34. The highest BCUT2D eigenvalue weighted by Gasteiger charge is 2.43. The van der Waals surface area contributed by atoms with Gasteiger partial charge < -0.3 is 15.7 Å². The maximum atomic E-state index is 12.0. The smallest absolute Gasteiger partial charge is 0.226 e. The van der Waals surface area contributed by atoms with Gasteiger partial charge in [-0.1, -0.05) is 6.42 Å². The summed E-state index contributed by atoms with van der Waals surface area (Å²) in [6.07, 6.45) is 3.17. The summed E-state index contributed by atoms with van der Waals surface area (Å²) in [4.78, 5) is 13.8. The second-order valence-corrected chi connectivity index (χ2v) is 5.22. The molecule has 0 aromatic heterocycles. The molecule has 1 aliphatic heterocycles. The van der Waals surface area contributed by atoms with Crippen LogP contribution in [0.1, 0.15) is 26.2 Å². The van der Waals surface area contributed by atoms with Gasteiger partial charge in [0.15, 0.2) is 0 Å². The first kappa shape index (κ1) is 10.9. The molecular weight excluding hydrogens is 192 g/mol. The summed E-state index contributed by atoms with van der Waals surface area (Å²) in [5.41, 5.74) is 4.99. The molecule has 3 N–H and O–H groups in total. The molecule has 86 valence electrons. The number of hydrogen-bond donors (Lipinski definition) is 2. The van der Waals surface area contributed by atoms with E-state index in [-0.39, 0.29) is 11.8 Å². The van der Waals surface area contributed by atoms with Gasteiger partial charge >= 0.3 is 0 Å². The van der Waals surface area contributed by atoms with Crippen molar-refractivity contribution in [2.75, 3.05) is 19.6 Å². The Hall–Kier alpha value is -0.610. The molecule has 4 nitrogen and oxygen atoms in total. The molecule has 1 aliphatic carbocycles. The summed E-state index contributed by atoms with van der Waals surface area (Å²) in [5.74, 6) is 0.684. The van der Waals surface area contributed by atoms with E-state index in [1.54, 1.807) is 11.8 Å². The fraction of sp³-hybridized carbons (Fsp3) is 0.909. The van der Waals surface area contributed by atoms with Gasteiger partial charge in [0, 0.05) is 5.92 Å². The minimum atomic E-state index is -0.660. The van der Waals surface area contributed by atoms with Crippen LogP contribution in [0.4, 0.5) is 0 Å². The predicted molar refractivity (Wildman–Crippen MR) is 57.1 cm³/mol. The molecule has 0 radical (unpaired) electrons. The lowest BCUT2D eigenvalue weighted by Crippen LogP contribution is -2.63. The number of hydrogen-bond acceptors (Lipinski definition) is 3. The SMILES string of the molecule is CC1(O)CN(C(=O)C2CCCC2CN)C1. The molecule has 2 rings (SSSR count). The summed E-state index contributed by atoms with van der Waals surface area (Å²) in [7, 11) is 0. The third kappa shape index (κ3) is 2.01. The normalized spacial score (nSPS) is 33.9. The largest absolute Gasteiger partial charge is 0.386 e. The zero-order valence-corrected chi connectivity index (χ0v) is 9.28. The van der Waals surface area contributed by atoms with Gasteiger partial charge in [0.2, 0.25) is 5.91 Å². The monoisotopic (exact) mass is 212 g/mol. The third-order valence-corrected chi connectivity index (χ3v) is 3.65. The van der Waals surface area contributed by atoms with Gasteiger partial charge in [0.25, 0.3) is 0 Å². The lowest BCUT2D eigenvalue weighted by atomic mass is 9.90.